The monoisotopic (exact) mass is 184 g/mol. The van der Waals surface area contributed by atoms with Gasteiger partial charge in [-0.05, 0) is 5.92 Å². The molecule has 0 amide bonds. The first-order chi connectivity index (χ1) is 6.10. The Hall–Kier alpha value is -1.08. The van der Waals surface area contributed by atoms with Gasteiger partial charge in [-0.1, -0.05) is 13.8 Å². The Morgan fingerprint density at radius 2 is 2.23 bits per heavy atom. The number of nitriles is 1. The van der Waals surface area contributed by atoms with Gasteiger partial charge in [-0.15, -0.1) is 0 Å². The van der Waals surface area contributed by atoms with E-state index in [1.807, 2.05) is 19.9 Å². The summed E-state index contributed by atoms with van der Waals surface area (Å²) in [5, 5.41) is 8.49. The molecule has 4 nitrogen and oxygen atoms in total. The Bertz CT molecular complexity index is 196. The molecule has 0 spiro atoms. The number of carbonyl (C=O) groups is 1. The fraction of sp³-hybridized carbons (Fsp3) is 0.778. The Morgan fingerprint density at radius 3 is 2.62 bits per heavy atom. The minimum Gasteiger partial charge on any atom is -0.468 e. The van der Waals surface area contributed by atoms with Gasteiger partial charge < -0.3 is 4.74 Å². The van der Waals surface area contributed by atoms with Crippen LogP contribution in [0.3, 0.4) is 0 Å². The zero-order chi connectivity index (χ0) is 10.3. The summed E-state index contributed by atoms with van der Waals surface area (Å²) in [5.74, 6) is 0.147. The predicted molar refractivity (Wildman–Crippen MR) is 48.9 cm³/mol. The quantitative estimate of drug-likeness (QED) is 0.465. The van der Waals surface area contributed by atoms with E-state index in [4.69, 9.17) is 5.26 Å². The maximum atomic E-state index is 10.9. The number of rotatable bonds is 5. The second-order valence-corrected chi connectivity index (χ2v) is 3.30. The molecule has 0 fully saturated rings. The van der Waals surface area contributed by atoms with E-state index in [1.54, 1.807) is 4.90 Å². The van der Waals surface area contributed by atoms with Gasteiger partial charge >= 0.3 is 5.97 Å². The zero-order valence-electron chi connectivity index (χ0n) is 8.41. The van der Waals surface area contributed by atoms with Gasteiger partial charge in [0.2, 0.25) is 0 Å². The second kappa shape index (κ2) is 6.44. The number of hydrogen-bond acceptors (Lipinski definition) is 4. The second-order valence-electron chi connectivity index (χ2n) is 3.30. The summed E-state index contributed by atoms with van der Waals surface area (Å²) in [6, 6.07) is 2.02. The molecule has 74 valence electrons. The van der Waals surface area contributed by atoms with Crippen molar-refractivity contribution >= 4 is 5.97 Å². The van der Waals surface area contributed by atoms with Crippen molar-refractivity contribution in [1.82, 2.24) is 4.90 Å². The van der Waals surface area contributed by atoms with E-state index in [0.29, 0.717) is 5.92 Å². The number of ether oxygens (including phenoxy) is 1. The van der Waals surface area contributed by atoms with Crippen molar-refractivity contribution < 1.29 is 9.53 Å². The maximum absolute atomic E-state index is 10.9. The molecule has 0 aliphatic carbocycles. The van der Waals surface area contributed by atoms with Crippen LogP contribution in [0.1, 0.15) is 13.8 Å². The van der Waals surface area contributed by atoms with Crippen LogP contribution in [0, 0.1) is 17.2 Å². The van der Waals surface area contributed by atoms with Crippen LogP contribution in [-0.4, -0.2) is 37.6 Å². The van der Waals surface area contributed by atoms with Crippen molar-refractivity contribution in [3.63, 3.8) is 0 Å². The van der Waals surface area contributed by atoms with Crippen LogP contribution in [0.5, 0.6) is 0 Å². The van der Waals surface area contributed by atoms with Crippen molar-refractivity contribution in [3.05, 3.63) is 0 Å². The summed E-state index contributed by atoms with van der Waals surface area (Å²) in [7, 11) is 1.35. The molecule has 0 saturated carbocycles. The summed E-state index contributed by atoms with van der Waals surface area (Å²) < 4.78 is 4.52. The topological polar surface area (TPSA) is 53.3 Å². The van der Waals surface area contributed by atoms with Crippen LogP contribution in [0.15, 0.2) is 0 Å². The molecule has 0 unspecified atom stereocenters. The number of esters is 1. The van der Waals surface area contributed by atoms with E-state index in [-0.39, 0.29) is 19.1 Å². The lowest BCUT2D eigenvalue weighted by Gasteiger charge is -2.19. The van der Waals surface area contributed by atoms with Crippen molar-refractivity contribution in [1.29, 1.82) is 5.26 Å². The summed E-state index contributed by atoms with van der Waals surface area (Å²) in [6.45, 7) is 5.29. The van der Waals surface area contributed by atoms with Gasteiger partial charge in [-0.25, -0.2) is 0 Å². The Kier molecular flexibility index (Phi) is 5.90. The minimum atomic E-state index is -0.295. The fourth-order valence-corrected chi connectivity index (χ4v) is 1.05. The van der Waals surface area contributed by atoms with Gasteiger partial charge in [-0.3, -0.25) is 9.69 Å². The highest BCUT2D eigenvalue weighted by atomic mass is 16.5. The molecule has 0 aliphatic heterocycles. The first-order valence-corrected chi connectivity index (χ1v) is 4.26. The van der Waals surface area contributed by atoms with E-state index in [2.05, 4.69) is 4.74 Å². The molecule has 0 rings (SSSR count). The molecule has 0 aromatic heterocycles. The number of methoxy groups -OCH3 is 1. The molecule has 4 heteroatoms. The van der Waals surface area contributed by atoms with Crippen molar-refractivity contribution in [3.8, 4) is 6.07 Å². The first kappa shape index (κ1) is 11.9. The first-order valence-electron chi connectivity index (χ1n) is 4.26. The lowest BCUT2D eigenvalue weighted by molar-refractivity contribution is -0.141. The zero-order valence-corrected chi connectivity index (χ0v) is 8.41. The molecule has 0 heterocycles. The standard InChI is InChI=1S/C9H16N2O2/c1-8(2)6-11(5-4-10)7-9(12)13-3/h8H,5-7H2,1-3H3. The van der Waals surface area contributed by atoms with Crippen molar-refractivity contribution in [2.45, 2.75) is 13.8 Å². The molecule has 0 radical (unpaired) electrons. The molecule has 0 aromatic carbocycles. The molecule has 0 saturated heterocycles. The predicted octanol–water partition coefficient (Wildman–Crippen LogP) is 0.641. The molecule has 0 atom stereocenters. The van der Waals surface area contributed by atoms with Gasteiger partial charge in [-0.2, -0.15) is 5.26 Å². The third-order valence-electron chi connectivity index (χ3n) is 1.50. The van der Waals surface area contributed by atoms with Crippen molar-refractivity contribution in [2.24, 2.45) is 5.92 Å². The number of hydrogen-bond donors (Lipinski definition) is 0. The van der Waals surface area contributed by atoms with Gasteiger partial charge in [0.15, 0.2) is 0 Å². The van der Waals surface area contributed by atoms with Gasteiger partial charge in [0.25, 0.3) is 0 Å². The molecule has 0 aromatic rings. The summed E-state index contributed by atoms with van der Waals surface area (Å²) in [4.78, 5) is 12.7. The summed E-state index contributed by atoms with van der Waals surface area (Å²) in [6.07, 6.45) is 0. The SMILES string of the molecule is COC(=O)CN(CC#N)CC(C)C. The van der Waals surface area contributed by atoms with Crippen molar-refractivity contribution in [2.75, 3.05) is 26.7 Å². The average Bonchev–Trinajstić information content (AvgIpc) is 2.03. The van der Waals surface area contributed by atoms with Gasteiger partial charge in [0, 0.05) is 6.54 Å². The lowest BCUT2D eigenvalue weighted by Crippen LogP contribution is -2.33. The Morgan fingerprint density at radius 1 is 1.62 bits per heavy atom. The fourth-order valence-electron chi connectivity index (χ4n) is 1.05. The Balaban J connectivity index is 3.95. The largest absolute Gasteiger partial charge is 0.468 e. The lowest BCUT2D eigenvalue weighted by atomic mass is 10.2. The molecule has 0 aliphatic rings. The summed E-state index contributed by atoms with van der Waals surface area (Å²) in [5.41, 5.74) is 0. The van der Waals surface area contributed by atoms with Crippen LogP contribution in [-0.2, 0) is 9.53 Å². The Labute approximate surface area is 79.1 Å². The molecule has 0 bridgehead atoms. The molecule has 13 heavy (non-hydrogen) atoms. The normalized spacial score (nSPS) is 10.2. The minimum absolute atomic E-state index is 0.197. The number of carbonyl (C=O) groups excluding carboxylic acids is 1. The number of nitrogens with zero attached hydrogens (tertiary/aromatic N) is 2. The van der Waals surface area contributed by atoms with E-state index in [1.165, 1.54) is 7.11 Å². The third-order valence-corrected chi connectivity index (χ3v) is 1.50. The highest BCUT2D eigenvalue weighted by Crippen LogP contribution is 1.97. The van der Waals surface area contributed by atoms with Crippen LogP contribution < -0.4 is 0 Å². The van der Waals surface area contributed by atoms with Crippen LogP contribution in [0.4, 0.5) is 0 Å². The van der Waals surface area contributed by atoms with E-state index < -0.39 is 0 Å². The van der Waals surface area contributed by atoms with Crippen LogP contribution >= 0.6 is 0 Å². The smallest absolute Gasteiger partial charge is 0.319 e. The molecular weight excluding hydrogens is 168 g/mol. The average molecular weight is 184 g/mol. The van der Waals surface area contributed by atoms with Crippen LogP contribution in [0.2, 0.25) is 0 Å². The van der Waals surface area contributed by atoms with E-state index in [9.17, 15) is 4.79 Å². The third kappa shape index (κ3) is 6.12. The highest BCUT2D eigenvalue weighted by molar-refractivity contribution is 5.71. The van der Waals surface area contributed by atoms with Gasteiger partial charge in [0.1, 0.15) is 0 Å². The molecular formula is C9H16N2O2. The van der Waals surface area contributed by atoms with Crippen LogP contribution in [0.25, 0.3) is 0 Å². The van der Waals surface area contributed by atoms with E-state index >= 15 is 0 Å². The van der Waals surface area contributed by atoms with E-state index in [0.717, 1.165) is 6.54 Å². The summed E-state index contributed by atoms with van der Waals surface area (Å²) >= 11 is 0. The highest BCUT2D eigenvalue weighted by Gasteiger charge is 2.11. The van der Waals surface area contributed by atoms with Gasteiger partial charge in [0.05, 0.1) is 26.3 Å². The molecule has 0 N–H and O–H groups in total. The maximum Gasteiger partial charge on any atom is 0.319 e.